The summed E-state index contributed by atoms with van der Waals surface area (Å²) in [5.41, 5.74) is -0.0774. The summed E-state index contributed by atoms with van der Waals surface area (Å²) in [6.07, 6.45) is -11.0. The Labute approximate surface area is 143 Å². The molecule has 0 spiro atoms. The molecule has 0 saturated heterocycles. The van der Waals surface area contributed by atoms with E-state index in [1.165, 1.54) is 0 Å². The van der Waals surface area contributed by atoms with Gasteiger partial charge < -0.3 is 0 Å². The molecule has 0 amide bonds. The van der Waals surface area contributed by atoms with E-state index in [1.54, 1.807) is 0 Å². The van der Waals surface area contributed by atoms with Crippen LogP contribution in [0.1, 0.15) is 10.4 Å². The van der Waals surface area contributed by atoms with Crippen LogP contribution in [0, 0.1) is 3.57 Å². The first-order valence-electron chi connectivity index (χ1n) is 5.84. The van der Waals surface area contributed by atoms with Crippen molar-refractivity contribution < 1.29 is 51.6 Å². The summed E-state index contributed by atoms with van der Waals surface area (Å²) in [7, 11) is 1.05. The van der Waals surface area contributed by atoms with Gasteiger partial charge in [-0.2, -0.15) is 0 Å². The van der Waals surface area contributed by atoms with Crippen LogP contribution in [-0.2, 0) is 20.5 Å². The van der Waals surface area contributed by atoms with Gasteiger partial charge in [-0.1, -0.05) is 0 Å². The number of halogens is 7. The standard InChI is InChI=1S/C12H7F6IO6/c1-23-8(20)6-2-4-7(5-3-6)19(24-9(21)11(13,14)15)25-10(22)12(16,17)18/h2-5H,1H3. The van der Waals surface area contributed by atoms with Gasteiger partial charge in [-0.05, 0) is 0 Å². The van der Waals surface area contributed by atoms with E-state index in [-0.39, 0.29) is 5.56 Å². The fourth-order valence-corrected chi connectivity index (χ4v) is 3.90. The summed E-state index contributed by atoms with van der Waals surface area (Å²) in [6, 6.07) is 3.78. The molecular formula is C12H7F6IO6. The Morgan fingerprint density at radius 1 is 0.840 bits per heavy atom. The molecule has 0 aliphatic carbocycles. The van der Waals surface area contributed by atoms with Gasteiger partial charge in [0, 0.05) is 0 Å². The second-order valence-corrected chi connectivity index (χ2v) is 7.31. The van der Waals surface area contributed by atoms with Crippen LogP contribution in [-0.4, -0.2) is 37.4 Å². The average molecular weight is 488 g/mol. The Bertz CT molecular complexity index is 626. The predicted octanol–water partition coefficient (Wildman–Crippen LogP) is 3.19. The molecule has 6 nitrogen and oxygen atoms in total. The van der Waals surface area contributed by atoms with Crippen molar-refractivity contribution in [3.05, 3.63) is 33.4 Å². The summed E-state index contributed by atoms with van der Waals surface area (Å²) >= 11 is -4.47. The Morgan fingerprint density at radius 2 is 1.24 bits per heavy atom. The van der Waals surface area contributed by atoms with Gasteiger partial charge in [0.25, 0.3) is 0 Å². The van der Waals surface area contributed by atoms with Crippen molar-refractivity contribution in [3.63, 3.8) is 0 Å². The molecule has 0 aromatic heterocycles. The van der Waals surface area contributed by atoms with Gasteiger partial charge >= 0.3 is 143 Å². The van der Waals surface area contributed by atoms with E-state index in [0.29, 0.717) is 0 Å². The van der Waals surface area contributed by atoms with Crippen molar-refractivity contribution in [1.29, 1.82) is 0 Å². The van der Waals surface area contributed by atoms with E-state index in [1.807, 2.05) is 0 Å². The van der Waals surface area contributed by atoms with Crippen LogP contribution in [0.4, 0.5) is 26.3 Å². The van der Waals surface area contributed by atoms with Gasteiger partial charge in [0.15, 0.2) is 0 Å². The van der Waals surface area contributed by atoms with Crippen molar-refractivity contribution in [2.75, 3.05) is 7.11 Å². The molecule has 0 aliphatic rings. The molecule has 25 heavy (non-hydrogen) atoms. The van der Waals surface area contributed by atoms with Crippen LogP contribution in [0.25, 0.3) is 0 Å². The Balaban J connectivity index is 3.11. The van der Waals surface area contributed by atoms with E-state index >= 15 is 0 Å². The van der Waals surface area contributed by atoms with E-state index in [0.717, 1.165) is 31.4 Å². The molecule has 0 atom stereocenters. The SMILES string of the molecule is COC(=O)c1ccc(I(OC(=O)C(F)(F)F)OC(=O)C(F)(F)F)cc1. The Kier molecular flexibility index (Phi) is 6.61. The van der Waals surface area contributed by atoms with E-state index < -0.39 is 54.5 Å². The third kappa shape index (κ3) is 6.06. The summed E-state index contributed by atoms with van der Waals surface area (Å²) in [5, 5.41) is 0. The number of ether oxygens (including phenoxy) is 1. The Morgan fingerprint density at radius 3 is 1.56 bits per heavy atom. The maximum atomic E-state index is 12.2. The molecular weight excluding hydrogens is 481 g/mol. The zero-order chi connectivity index (χ0) is 19.4. The maximum absolute atomic E-state index is 12.2. The minimum atomic E-state index is -5.49. The van der Waals surface area contributed by atoms with Crippen LogP contribution in [0.3, 0.4) is 0 Å². The van der Waals surface area contributed by atoms with Gasteiger partial charge in [-0.15, -0.1) is 0 Å². The third-order valence-corrected chi connectivity index (χ3v) is 5.52. The summed E-state index contributed by atoms with van der Waals surface area (Å²) in [4.78, 5) is 32.9. The van der Waals surface area contributed by atoms with Crippen LogP contribution >= 0.6 is 20.6 Å². The zero-order valence-electron chi connectivity index (χ0n) is 11.9. The molecule has 0 N–H and O–H groups in total. The number of hydrogen-bond donors (Lipinski definition) is 0. The number of esters is 1. The monoisotopic (exact) mass is 488 g/mol. The van der Waals surface area contributed by atoms with E-state index in [2.05, 4.69) is 10.9 Å². The number of carbonyl (C=O) groups excluding carboxylic acids is 3. The van der Waals surface area contributed by atoms with Gasteiger partial charge in [0.1, 0.15) is 0 Å². The Hall–Kier alpha value is -2.06. The zero-order valence-corrected chi connectivity index (χ0v) is 14.1. The molecule has 1 rings (SSSR count). The van der Waals surface area contributed by atoms with Gasteiger partial charge in [0.2, 0.25) is 0 Å². The second kappa shape index (κ2) is 7.88. The first kappa shape index (κ1) is 21.0. The number of methoxy groups -OCH3 is 1. The van der Waals surface area contributed by atoms with E-state index in [9.17, 15) is 40.7 Å². The topological polar surface area (TPSA) is 78.9 Å². The van der Waals surface area contributed by atoms with Crippen LogP contribution in [0.5, 0.6) is 0 Å². The molecule has 0 radical (unpaired) electrons. The van der Waals surface area contributed by atoms with Crippen molar-refractivity contribution in [2.24, 2.45) is 0 Å². The normalized spacial score (nSPS) is 12.2. The molecule has 1 aromatic rings. The molecule has 0 saturated carbocycles. The van der Waals surface area contributed by atoms with Crippen molar-refractivity contribution in [2.45, 2.75) is 12.4 Å². The number of benzene rings is 1. The number of carbonyl (C=O) groups is 3. The molecule has 0 fully saturated rings. The van der Waals surface area contributed by atoms with Crippen LogP contribution < -0.4 is 0 Å². The fourth-order valence-electron chi connectivity index (χ4n) is 1.13. The second-order valence-electron chi connectivity index (χ2n) is 3.94. The molecule has 0 heterocycles. The quantitative estimate of drug-likeness (QED) is 0.368. The molecule has 140 valence electrons. The molecule has 13 heteroatoms. The van der Waals surface area contributed by atoms with Crippen molar-refractivity contribution in [3.8, 4) is 0 Å². The average Bonchev–Trinajstić information content (AvgIpc) is 2.51. The number of hydrogen-bond acceptors (Lipinski definition) is 6. The summed E-state index contributed by atoms with van der Waals surface area (Å²) in [5.74, 6) is -6.43. The molecule has 0 unspecified atom stereocenters. The van der Waals surface area contributed by atoms with Gasteiger partial charge in [0.05, 0.1) is 0 Å². The van der Waals surface area contributed by atoms with E-state index in [4.69, 9.17) is 0 Å². The number of alkyl halides is 6. The van der Waals surface area contributed by atoms with Crippen LogP contribution in [0.2, 0.25) is 0 Å². The fraction of sp³-hybridized carbons (Fsp3) is 0.250. The first-order chi connectivity index (χ1) is 11.4. The molecule has 0 bridgehead atoms. The number of rotatable bonds is 4. The molecule has 0 aliphatic heterocycles. The van der Waals surface area contributed by atoms with Crippen molar-refractivity contribution >= 4 is 38.6 Å². The molecule has 1 aromatic carbocycles. The summed E-state index contributed by atoms with van der Waals surface area (Å²) in [6.45, 7) is 0. The van der Waals surface area contributed by atoms with Gasteiger partial charge in [-0.25, -0.2) is 0 Å². The van der Waals surface area contributed by atoms with Crippen molar-refractivity contribution in [1.82, 2.24) is 0 Å². The minimum absolute atomic E-state index is 0.0774. The third-order valence-electron chi connectivity index (χ3n) is 2.19. The summed E-state index contributed by atoms with van der Waals surface area (Å²) < 4.78 is 85.3. The van der Waals surface area contributed by atoms with Crippen LogP contribution in [0.15, 0.2) is 24.3 Å². The van der Waals surface area contributed by atoms with Gasteiger partial charge in [-0.3, -0.25) is 0 Å². The predicted molar refractivity (Wildman–Crippen MR) is 74.8 cm³/mol. The first-order valence-corrected chi connectivity index (χ1v) is 8.68.